The average molecular weight is 387 g/mol. The Hall–Kier alpha value is -3.04. The lowest BCUT2D eigenvalue weighted by atomic mass is 10.2. The molecule has 0 aliphatic heterocycles. The van der Waals surface area contributed by atoms with Crippen LogP contribution in [0, 0.1) is 11.3 Å². The molecule has 0 bridgehead atoms. The summed E-state index contributed by atoms with van der Waals surface area (Å²) in [7, 11) is 0. The van der Waals surface area contributed by atoms with Crippen molar-refractivity contribution in [2.45, 2.75) is 25.9 Å². The van der Waals surface area contributed by atoms with Gasteiger partial charge >= 0.3 is 5.97 Å². The topological polar surface area (TPSA) is 88.4 Å². The number of esters is 1. The average Bonchev–Trinajstić information content (AvgIpc) is 2.66. The largest absolute Gasteiger partial charge is 0.494 e. The van der Waals surface area contributed by atoms with E-state index in [0.29, 0.717) is 24.3 Å². The molecule has 1 amide bonds. The van der Waals surface area contributed by atoms with Crippen LogP contribution in [-0.4, -0.2) is 24.6 Å². The summed E-state index contributed by atoms with van der Waals surface area (Å²) in [6.45, 7) is 1.86. The van der Waals surface area contributed by atoms with Crippen LogP contribution >= 0.6 is 11.6 Å². The minimum Gasteiger partial charge on any atom is -0.494 e. The zero-order valence-corrected chi connectivity index (χ0v) is 15.5. The van der Waals surface area contributed by atoms with Gasteiger partial charge in [-0.2, -0.15) is 5.26 Å². The van der Waals surface area contributed by atoms with E-state index < -0.39 is 18.0 Å². The van der Waals surface area contributed by atoms with E-state index in [-0.39, 0.29) is 11.4 Å². The molecule has 0 spiro atoms. The Morgan fingerprint density at radius 1 is 1.22 bits per heavy atom. The van der Waals surface area contributed by atoms with Gasteiger partial charge in [0.15, 0.2) is 6.10 Å². The third kappa shape index (κ3) is 6.65. The summed E-state index contributed by atoms with van der Waals surface area (Å²) in [5.41, 5.74) is 0.732. The number of amides is 1. The molecule has 0 fully saturated rings. The number of hydrogen-bond acceptors (Lipinski definition) is 5. The van der Waals surface area contributed by atoms with Crippen molar-refractivity contribution in [3.63, 3.8) is 0 Å². The molecule has 2 aromatic carbocycles. The summed E-state index contributed by atoms with van der Waals surface area (Å²) >= 11 is 5.92. The molecule has 0 aliphatic carbocycles. The molecule has 7 heteroatoms. The number of carbonyl (C=O) groups is 2. The lowest BCUT2D eigenvalue weighted by Gasteiger charge is -2.14. The fourth-order valence-corrected chi connectivity index (χ4v) is 2.38. The molecule has 0 heterocycles. The van der Waals surface area contributed by atoms with Crippen LogP contribution < -0.4 is 10.1 Å². The van der Waals surface area contributed by atoms with Gasteiger partial charge in [-0.1, -0.05) is 29.8 Å². The van der Waals surface area contributed by atoms with Crippen molar-refractivity contribution in [3.05, 3.63) is 59.1 Å². The van der Waals surface area contributed by atoms with Crippen LogP contribution in [0.5, 0.6) is 5.75 Å². The molecule has 0 aromatic heterocycles. The van der Waals surface area contributed by atoms with E-state index in [1.54, 1.807) is 6.07 Å². The number of ether oxygens (including phenoxy) is 2. The molecule has 0 unspecified atom stereocenters. The highest BCUT2D eigenvalue weighted by Crippen LogP contribution is 2.20. The van der Waals surface area contributed by atoms with Crippen LogP contribution in [0.2, 0.25) is 5.02 Å². The van der Waals surface area contributed by atoms with E-state index in [4.69, 9.17) is 26.3 Å². The number of benzene rings is 2. The normalized spacial score (nSPS) is 11.1. The maximum atomic E-state index is 12.1. The molecular formula is C20H19ClN2O4. The minimum atomic E-state index is -0.957. The molecule has 0 aliphatic rings. The van der Waals surface area contributed by atoms with E-state index in [1.807, 2.05) is 36.4 Å². The molecule has 0 saturated heterocycles. The molecule has 140 valence electrons. The van der Waals surface area contributed by atoms with Crippen molar-refractivity contribution in [1.29, 1.82) is 5.26 Å². The summed E-state index contributed by atoms with van der Waals surface area (Å²) in [6, 6.07) is 15.7. The smallest absolute Gasteiger partial charge is 0.306 e. The number of nitrogens with one attached hydrogen (secondary N) is 1. The molecule has 6 nitrogen and oxygen atoms in total. The number of nitrogens with zero attached hydrogens (tertiary/aromatic N) is 1. The van der Waals surface area contributed by atoms with Crippen LogP contribution in [0.4, 0.5) is 5.69 Å². The highest BCUT2D eigenvalue weighted by atomic mass is 35.5. The Morgan fingerprint density at radius 2 is 1.96 bits per heavy atom. The van der Waals surface area contributed by atoms with E-state index in [1.165, 1.54) is 19.1 Å². The van der Waals surface area contributed by atoms with Gasteiger partial charge in [-0.3, -0.25) is 9.59 Å². The molecule has 0 radical (unpaired) electrons. The molecule has 1 atom stereocenters. The predicted molar refractivity (Wildman–Crippen MR) is 102 cm³/mol. The van der Waals surface area contributed by atoms with Crippen LogP contribution in [-0.2, 0) is 14.3 Å². The van der Waals surface area contributed by atoms with Gasteiger partial charge in [-0.15, -0.1) is 0 Å². The monoisotopic (exact) mass is 386 g/mol. The lowest BCUT2D eigenvalue weighted by Crippen LogP contribution is -2.30. The molecule has 27 heavy (non-hydrogen) atoms. The van der Waals surface area contributed by atoms with Crippen molar-refractivity contribution < 1.29 is 19.1 Å². The number of nitriles is 1. The first-order valence-electron chi connectivity index (χ1n) is 8.37. The Labute approximate surface area is 162 Å². The summed E-state index contributed by atoms with van der Waals surface area (Å²) in [4.78, 5) is 24.0. The van der Waals surface area contributed by atoms with Crippen molar-refractivity contribution in [1.82, 2.24) is 0 Å². The number of hydrogen-bond donors (Lipinski definition) is 1. The number of carbonyl (C=O) groups excluding carboxylic acids is 2. The van der Waals surface area contributed by atoms with E-state index >= 15 is 0 Å². The SMILES string of the molecule is C[C@H](OC(=O)CCCOc1ccccc1)C(=O)Nc1ccc(C#N)c(Cl)c1. The van der Waals surface area contributed by atoms with Gasteiger partial charge in [0.25, 0.3) is 5.91 Å². The standard InChI is InChI=1S/C20H19ClN2O4/c1-14(20(25)23-16-10-9-15(13-22)18(21)12-16)27-19(24)8-5-11-26-17-6-3-2-4-7-17/h2-4,6-7,9-10,12,14H,5,8,11H2,1H3,(H,23,25)/t14-/m0/s1. The summed E-state index contributed by atoms with van der Waals surface area (Å²) in [5, 5.41) is 11.7. The quantitative estimate of drug-likeness (QED) is 0.548. The highest BCUT2D eigenvalue weighted by Gasteiger charge is 2.18. The summed E-state index contributed by atoms with van der Waals surface area (Å²) in [6.07, 6.45) is -0.331. The fraction of sp³-hybridized carbons (Fsp3) is 0.250. The summed E-state index contributed by atoms with van der Waals surface area (Å²) in [5.74, 6) is -0.225. The highest BCUT2D eigenvalue weighted by molar-refractivity contribution is 6.32. The maximum Gasteiger partial charge on any atom is 0.306 e. The van der Waals surface area contributed by atoms with Crippen molar-refractivity contribution in [3.8, 4) is 11.8 Å². The second-order valence-corrected chi connectivity index (χ2v) is 6.10. The van der Waals surface area contributed by atoms with Gasteiger partial charge in [-0.05, 0) is 43.7 Å². The third-order valence-electron chi connectivity index (χ3n) is 3.57. The molecule has 1 N–H and O–H groups in total. The zero-order chi connectivity index (χ0) is 19.6. The number of halogens is 1. The van der Waals surface area contributed by atoms with E-state index in [9.17, 15) is 9.59 Å². The Bertz CT molecular complexity index is 834. The van der Waals surface area contributed by atoms with Crippen LogP contribution in [0.3, 0.4) is 0 Å². The van der Waals surface area contributed by atoms with Gasteiger partial charge in [-0.25, -0.2) is 0 Å². The molecule has 2 rings (SSSR count). The lowest BCUT2D eigenvalue weighted by molar-refractivity contribution is -0.153. The van der Waals surface area contributed by atoms with Crippen molar-refractivity contribution in [2.24, 2.45) is 0 Å². The second-order valence-electron chi connectivity index (χ2n) is 5.69. The van der Waals surface area contributed by atoms with E-state index in [0.717, 1.165) is 5.75 Å². The molecule has 2 aromatic rings. The van der Waals surface area contributed by atoms with Gasteiger partial charge in [0, 0.05) is 12.1 Å². The van der Waals surface area contributed by atoms with Gasteiger partial charge < -0.3 is 14.8 Å². The fourth-order valence-electron chi connectivity index (χ4n) is 2.16. The molecular weight excluding hydrogens is 368 g/mol. The number of para-hydroxylation sites is 1. The van der Waals surface area contributed by atoms with Crippen LogP contribution in [0.25, 0.3) is 0 Å². The first-order chi connectivity index (χ1) is 13.0. The predicted octanol–water partition coefficient (Wildman–Crippen LogP) is 3.94. The number of anilines is 1. The third-order valence-corrected chi connectivity index (χ3v) is 3.88. The van der Waals surface area contributed by atoms with Crippen molar-refractivity contribution >= 4 is 29.2 Å². The van der Waals surface area contributed by atoms with Gasteiger partial charge in [0.05, 0.1) is 17.2 Å². The van der Waals surface area contributed by atoms with Gasteiger partial charge in [0.1, 0.15) is 11.8 Å². The maximum absolute atomic E-state index is 12.1. The number of rotatable bonds is 8. The Kier molecular flexibility index (Phi) is 7.65. The van der Waals surface area contributed by atoms with E-state index in [2.05, 4.69) is 5.32 Å². The van der Waals surface area contributed by atoms with Crippen LogP contribution in [0.15, 0.2) is 48.5 Å². The first-order valence-corrected chi connectivity index (χ1v) is 8.75. The van der Waals surface area contributed by atoms with Crippen molar-refractivity contribution in [2.75, 3.05) is 11.9 Å². The summed E-state index contributed by atoms with van der Waals surface area (Å²) < 4.78 is 10.6. The van der Waals surface area contributed by atoms with Crippen LogP contribution in [0.1, 0.15) is 25.3 Å². The minimum absolute atomic E-state index is 0.146. The first kappa shape index (κ1) is 20.3. The molecule has 0 saturated carbocycles. The van der Waals surface area contributed by atoms with Gasteiger partial charge in [0.2, 0.25) is 0 Å². The Morgan fingerprint density at radius 3 is 2.63 bits per heavy atom. The Balaban J connectivity index is 1.72. The zero-order valence-electron chi connectivity index (χ0n) is 14.8. The second kappa shape index (κ2) is 10.2.